The molecule has 0 bridgehead atoms. The van der Waals surface area contributed by atoms with Gasteiger partial charge in [-0.15, -0.1) is 0 Å². The molecule has 1 nitrogen and oxygen atoms in total. The molecule has 0 aliphatic heterocycles. The van der Waals surface area contributed by atoms with Crippen molar-refractivity contribution in [1.29, 1.82) is 0 Å². The molecule has 0 aliphatic carbocycles. The van der Waals surface area contributed by atoms with Gasteiger partial charge < -0.3 is 5.11 Å². The van der Waals surface area contributed by atoms with Gasteiger partial charge in [0.2, 0.25) is 0 Å². The summed E-state index contributed by atoms with van der Waals surface area (Å²) in [6, 6.07) is 10.4. The van der Waals surface area contributed by atoms with Crippen molar-refractivity contribution in [1.82, 2.24) is 0 Å². The molecule has 0 saturated heterocycles. The second-order valence-corrected chi connectivity index (χ2v) is 3.69. The summed E-state index contributed by atoms with van der Waals surface area (Å²) in [5, 5.41) is 11.7. The number of hydrogen-bond acceptors (Lipinski definition) is 1. The van der Waals surface area contributed by atoms with Crippen LogP contribution in [-0.2, 0) is 6.61 Å². The lowest BCUT2D eigenvalue weighted by Gasteiger charge is -2.10. The Morgan fingerprint density at radius 1 is 1.00 bits per heavy atom. The molecule has 0 spiro atoms. The second-order valence-electron chi connectivity index (χ2n) is 3.69. The third kappa shape index (κ3) is 1.30. The van der Waals surface area contributed by atoms with Crippen LogP contribution in [0, 0.1) is 13.8 Å². The minimum Gasteiger partial charge on any atom is -0.392 e. The van der Waals surface area contributed by atoms with E-state index in [0.717, 1.165) is 5.56 Å². The van der Waals surface area contributed by atoms with Crippen molar-refractivity contribution in [2.75, 3.05) is 0 Å². The largest absolute Gasteiger partial charge is 0.392 e. The molecular weight excluding hydrogens is 172 g/mol. The molecule has 0 heterocycles. The van der Waals surface area contributed by atoms with Crippen LogP contribution in [0.1, 0.15) is 16.7 Å². The molecule has 2 aromatic carbocycles. The number of fused-ring (bicyclic) bond motifs is 1. The quantitative estimate of drug-likeness (QED) is 0.726. The van der Waals surface area contributed by atoms with Crippen LogP contribution in [0.15, 0.2) is 30.3 Å². The topological polar surface area (TPSA) is 20.2 Å². The van der Waals surface area contributed by atoms with Crippen LogP contribution < -0.4 is 0 Å². The van der Waals surface area contributed by atoms with E-state index in [2.05, 4.69) is 25.1 Å². The average molecular weight is 186 g/mol. The Bertz CT molecular complexity index is 472. The summed E-state index contributed by atoms with van der Waals surface area (Å²) in [5.74, 6) is 0. The summed E-state index contributed by atoms with van der Waals surface area (Å²) in [6.45, 7) is 4.27. The number of benzene rings is 2. The summed E-state index contributed by atoms with van der Waals surface area (Å²) < 4.78 is 0. The van der Waals surface area contributed by atoms with Gasteiger partial charge in [0.1, 0.15) is 0 Å². The first-order valence-corrected chi connectivity index (χ1v) is 4.82. The summed E-state index contributed by atoms with van der Waals surface area (Å²) in [4.78, 5) is 0. The molecule has 0 atom stereocenters. The SMILES string of the molecule is Cc1cc(C)c2ccccc2c1CO. The van der Waals surface area contributed by atoms with E-state index in [-0.39, 0.29) is 6.61 Å². The van der Waals surface area contributed by atoms with Gasteiger partial charge in [0.15, 0.2) is 0 Å². The van der Waals surface area contributed by atoms with Gasteiger partial charge in [-0.3, -0.25) is 0 Å². The Morgan fingerprint density at radius 3 is 2.29 bits per heavy atom. The van der Waals surface area contributed by atoms with Crippen LogP contribution in [-0.4, -0.2) is 5.11 Å². The van der Waals surface area contributed by atoms with Gasteiger partial charge in [-0.2, -0.15) is 0 Å². The average Bonchev–Trinajstić information content (AvgIpc) is 2.18. The molecule has 0 aromatic heterocycles. The fraction of sp³-hybridized carbons (Fsp3) is 0.231. The van der Waals surface area contributed by atoms with Crippen LogP contribution in [0.25, 0.3) is 10.8 Å². The maximum absolute atomic E-state index is 9.31. The van der Waals surface area contributed by atoms with Gasteiger partial charge in [-0.05, 0) is 41.3 Å². The Hall–Kier alpha value is -1.34. The zero-order valence-electron chi connectivity index (χ0n) is 8.54. The van der Waals surface area contributed by atoms with Crippen molar-refractivity contribution < 1.29 is 5.11 Å². The van der Waals surface area contributed by atoms with E-state index in [9.17, 15) is 5.11 Å². The van der Waals surface area contributed by atoms with Crippen LogP contribution in [0.4, 0.5) is 0 Å². The fourth-order valence-electron chi connectivity index (χ4n) is 2.00. The first kappa shape index (κ1) is 9.22. The highest BCUT2D eigenvalue weighted by atomic mass is 16.3. The van der Waals surface area contributed by atoms with Gasteiger partial charge >= 0.3 is 0 Å². The van der Waals surface area contributed by atoms with E-state index in [1.807, 2.05) is 19.1 Å². The summed E-state index contributed by atoms with van der Waals surface area (Å²) >= 11 is 0. The standard InChI is InChI=1S/C13H14O/c1-9-7-10(2)13(8-14)12-6-4-3-5-11(9)12/h3-7,14H,8H2,1-2H3. The van der Waals surface area contributed by atoms with Crippen molar-refractivity contribution >= 4 is 10.8 Å². The van der Waals surface area contributed by atoms with Crippen LogP contribution in [0.5, 0.6) is 0 Å². The van der Waals surface area contributed by atoms with Crippen LogP contribution in [0.3, 0.4) is 0 Å². The zero-order valence-corrected chi connectivity index (χ0v) is 8.54. The van der Waals surface area contributed by atoms with Gasteiger partial charge in [0.05, 0.1) is 6.61 Å². The maximum Gasteiger partial charge on any atom is 0.0690 e. The minimum atomic E-state index is 0.118. The lowest BCUT2D eigenvalue weighted by molar-refractivity contribution is 0.282. The number of hydrogen-bond donors (Lipinski definition) is 1. The molecule has 0 aliphatic rings. The summed E-state index contributed by atoms with van der Waals surface area (Å²) in [7, 11) is 0. The third-order valence-corrected chi connectivity index (χ3v) is 2.74. The van der Waals surface area contributed by atoms with Gasteiger partial charge in [0.25, 0.3) is 0 Å². The molecule has 14 heavy (non-hydrogen) atoms. The molecule has 0 amide bonds. The first-order valence-electron chi connectivity index (χ1n) is 4.82. The normalized spacial score (nSPS) is 10.8. The molecule has 2 aromatic rings. The predicted octanol–water partition coefficient (Wildman–Crippen LogP) is 2.95. The zero-order chi connectivity index (χ0) is 10.1. The Labute approximate surface area is 84.0 Å². The lowest BCUT2D eigenvalue weighted by Crippen LogP contribution is -1.92. The number of aliphatic hydroxyl groups is 1. The van der Waals surface area contributed by atoms with Crippen molar-refractivity contribution in [3.8, 4) is 0 Å². The molecule has 2 rings (SSSR count). The number of aryl methyl sites for hydroxylation is 2. The lowest BCUT2D eigenvalue weighted by atomic mass is 9.96. The highest BCUT2D eigenvalue weighted by Crippen LogP contribution is 2.25. The van der Waals surface area contributed by atoms with E-state index >= 15 is 0 Å². The monoisotopic (exact) mass is 186 g/mol. The Morgan fingerprint density at radius 2 is 1.64 bits per heavy atom. The van der Waals surface area contributed by atoms with E-state index in [1.54, 1.807) is 0 Å². The van der Waals surface area contributed by atoms with Gasteiger partial charge in [-0.1, -0.05) is 30.3 Å². The van der Waals surface area contributed by atoms with Crippen LogP contribution in [0.2, 0.25) is 0 Å². The minimum absolute atomic E-state index is 0.118. The number of rotatable bonds is 1. The molecule has 0 fully saturated rings. The fourth-order valence-corrected chi connectivity index (χ4v) is 2.00. The van der Waals surface area contributed by atoms with Crippen molar-refractivity contribution in [3.63, 3.8) is 0 Å². The smallest absolute Gasteiger partial charge is 0.0690 e. The van der Waals surface area contributed by atoms with Crippen molar-refractivity contribution in [3.05, 3.63) is 47.0 Å². The Kier molecular flexibility index (Phi) is 2.26. The highest BCUT2D eigenvalue weighted by molar-refractivity contribution is 5.89. The van der Waals surface area contributed by atoms with E-state index in [0.29, 0.717) is 0 Å². The van der Waals surface area contributed by atoms with Crippen LogP contribution >= 0.6 is 0 Å². The molecule has 0 unspecified atom stereocenters. The third-order valence-electron chi connectivity index (χ3n) is 2.74. The molecule has 0 radical (unpaired) electrons. The first-order chi connectivity index (χ1) is 6.74. The maximum atomic E-state index is 9.31. The summed E-state index contributed by atoms with van der Waals surface area (Å²) in [6.07, 6.45) is 0. The summed E-state index contributed by atoms with van der Waals surface area (Å²) in [5.41, 5.74) is 3.49. The highest BCUT2D eigenvalue weighted by Gasteiger charge is 2.05. The van der Waals surface area contributed by atoms with Gasteiger partial charge in [-0.25, -0.2) is 0 Å². The van der Waals surface area contributed by atoms with Gasteiger partial charge in [0, 0.05) is 0 Å². The van der Waals surface area contributed by atoms with E-state index < -0.39 is 0 Å². The molecular formula is C13H14O. The van der Waals surface area contributed by atoms with E-state index in [1.165, 1.54) is 21.9 Å². The van der Waals surface area contributed by atoms with E-state index in [4.69, 9.17) is 0 Å². The van der Waals surface area contributed by atoms with Crippen molar-refractivity contribution in [2.45, 2.75) is 20.5 Å². The molecule has 72 valence electrons. The molecule has 1 N–H and O–H groups in total. The predicted molar refractivity (Wildman–Crippen MR) is 59.3 cm³/mol. The molecule has 0 saturated carbocycles. The second kappa shape index (κ2) is 3.43. The number of aliphatic hydroxyl groups excluding tert-OH is 1. The Balaban J connectivity index is 2.90. The molecule has 1 heteroatoms. The van der Waals surface area contributed by atoms with Crippen molar-refractivity contribution in [2.24, 2.45) is 0 Å².